The third kappa shape index (κ3) is 5.01. The predicted molar refractivity (Wildman–Crippen MR) is 96.5 cm³/mol. The average Bonchev–Trinajstić information content (AvgIpc) is 2.49. The van der Waals surface area contributed by atoms with E-state index in [1.54, 1.807) is 7.11 Å². The van der Waals surface area contributed by atoms with Crippen molar-refractivity contribution in [2.75, 3.05) is 13.0 Å². The van der Waals surface area contributed by atoms with Crippen LogP contribution in [-0.4, -0.2) is 13.0 Å². The van der Waals surface area contributed by atoms with E-state index in [1.807, 2.05) is 12.1 Å². The third-order valence-electron chi connectivity index (χ3n) is 3.41. The lowest BCUT2D eigenvalue weighted by Gasteiger charge is -2.16. The second-order valence-corrected chi connectivity index (χ2v) is 7.15. The van der Waals surface area contributed by atoms with Gasteiger partial charge in [-0.2, -0.15) is 0 Å². The van der Waals surface area contributed by atoms with Crippen LogP contribution in [0.2, 0.25) is 0 Å². The number of alkyl halides is 1. The number of methoxy groups -OCH3 is 1. The molecule has 0 radical (unpaired) electrons. The summed E-state index contributed by atoms with van der Waals surface area (Å²) in [5.74, 6) is 1.94. The summed E-state index contributed by atoms with van der Waals surface area (Å²) in [6.07, 6.45) is 1.87. The maximum absolute atomic E-state index is 6.17. The molecule has 0 bridgehead atoms. The van der Waals surface area contributed by atoms with Gasteiger partial charge in [-0.15, -0.1) is 11.6 Å². The van der Waals surface area contributed by atoms with Gasteiger partial charge in [0.15, 0.2) is 0 Å². The van der Waals surface area contributed by atoms with Gasteiger partial charge < -0.3 is 4.74 Å². The third-order valence-corrected chi connectivity index (χ3v) is 4.87. The van der Waals surface area contributed by atoms with Crippen molar-refractivity contribution in [1.82, 2.24) is 0 Å². The first-order chi connectivity index (χ1) is 10.1. The van der Waals surface area contributed by atoms with Crippen molar-refractivity contribution >= 4 is 43.5 Å². The maximum Gasteiger partial charge on any atom is 0.122 e. The smallest absolute Gasteiger partial charge is 0.122 e. The Morgan fingerprint density at radius 3 is 2.29 bits per heavy atom. The monoisotopic (exact) mass is 430 g/mol. The van der Waals surface area contributed by atoms with Crippen LogP contribution in [0, 0.1) is 5.92 Å². The molecule has 0 saturated heterocycles. The van der Waals surface area contributed by atoms with Gasteiger partial charge in [0, 0.05) is 14.8 Å². The average molecular weight is 433 g/mol. The summed E-state index contributed by atoms with van der Waals surface area (Å²) in [5, 5.41) is 0. The molecule has 0 aromatic heterocycles. The van der Waals surface area contributed by atoms with Crippen molar-refractivity contribution in [2.45, 2.75) is 12.8 Å². The van der Waals surface area contributed by atoms with Crippen LogP contribution in [0.1, 0.15) is 11.1 Å². The molecule has 0 saturated carbocycles. The Morgan fingerprint density at radius 2 is 1.67 bits per heavy atom. The Labute approximate surface area is 147 Å². The number of benzene rings is 2. The molecule has 0 aliphatic carbocycles. The molecule has 2 aromatic rings. The Hall–Kier alpha value is -0.510. The van der Waals surface area contributed by atoms with E-state index < -0.39 is 0 Å². The summed E-state index contributed by atoms with van der Waals surface area (Å²) in [6, 6.07) is 14.5. The zero-order valence-corrected chi connectivity index (χ0v) is 15.7. The SMILES string of the molecule is COc1ccc(Br)cc1CC(CCl)Cc1ccc(Br)cc1. The maximum atomic E-state index is 6.17. The molecular weight excluding hydrogens is 415 g/mol. The normalized spacial score (nSPS) is 12.2. The van der Waals surface area contributed by atoms with Gasteiger partial charge in [-0.3, -0.25) is 0 Å². The van der Waals surface area contributed by atoms with E-state index in [-0.39, 0.29) is 0 Å². The molecule has 1 atom stereocenters. The summed E-state index contributed by atoms with van der Waals surface area (Å²) in [6.45, 7) is 0. The predicted octanol–water partition coefficient (Wildman–Crippen LogP) is 5.86. The molecule has 0 aliphatic rings. The van der Waals surface area contributed by atoms with Crippen LogP contribution in [0.5, 0.6) is 5.75 Å². The van der Waals surface area contributed by atoms with Gasteiger partial charge in [0.2, 0.25) is 0 Å². The van der Waals surface area contributed by atoms with Crippen LogP contribution in [-0.2, 0) is 12.8 Å². The molecule has 0 aliphatic heterocycles. The van der Waals surface area contributed by atoms with Crippen molar-refractivity contribution in [3.05, 3.63) is 62.5 Å². The highest BCUT2D eigenvalue weighted by atomic mass is 79.9. The Morgan fingerprint density at radius 1 is 1.00 bits per heavy atom. The molecule has 1 unspecified atom stereocenters. The van der Waals surface area contributed by atoms with E-state index in [1.165, 1.54) is 11.1 Å². The minimum Gasteiger partial charge on any atom is -0.496 e. The molecule has 0 heterocycles. The quantitative estimate of drug-likeness (QED) is 0.520. The van der Waals surface area contributed by atoms with Crippen molar-refractivity contribution < 1.29 is 4.74 Å². The molecule has 21 heavy (non-hydrogen) atoms. The Balaban J connectivity index is 2.11. The Bertz CT molecular complexity index is 584. The van der Waals surface area contributed by atoms with Crippen LogP contribution in [0.4, 0.5) is 0 Å². The van der Waals surface area contributed by atoms with Crippen molar-refractivity contribution in [3.63, 3.8) is 0 Å². The Kier molecular flexibility index (Phi) is 6.59. The van der Waals surface area contributed by atoms with Crippen LogP contribution < -0.4 is 4.74 Å². The van der Waals surface area contributed by atoms with Gasteiger partial charge in [0.05, 0.1) is 7.11 Å². The van der Waals surface area contributed by atoms with Crippen molar-refractivity contribution in [2.24, 2.45) is 5.92 Å². The number of halogens is 3. The first-order valence-corrected chi connectivity index (χ1v) is 8.87. The molecule has 2 rings (SSSR count). The van der Waals surface area contributed by atoms with E-state index >= 15 is 0 Å². The van der Waals surface area contributed by atoms with Crippen LogP contribution in [0.25, 0.3) is 0 Å². The van der Waals surface area contributed by atoms with Crippen molar-refractivity contribution in [3.8, 4) is 5.75 Å². The summed E-state index contributed by atoms with van der Waals surface area (Å²) >= 11 is 13.2. The van der Waals surface area contributed by atoms with E-state index in [9.17, 15) is 0 Å². The summed E-state index contributed by atoms with van der Waals surface area (Å²) < 4.78 is 7.61. The number of hydrogen-bond acceptors (Lipinski definition) is 1. The minimum absolute atomic E-state index is 0.385. The van der Waals surface area contributed by atoms with E-state index in [2.05, 4.69) is 62.2 Å². The fourth-order valence-electron chi connectivity index (χ4n) is 2.35. The molecule has 1 nitrogen and oxygen atoms in total. The van der Waals surface area contributed by atoms with Crippen LogP contribution >= 0.6 is 43.5 Å². The van der Waals surface area contributed by atoms with Crippen molar-refractivity contribution in [1.29, 1.82) is 0 Å². The zero-order valence-electron chi connectivity index (χ0n) is 11.8. The van der Waals surface area contributed by atoms with Gasteiger partial charge in [0.1, 0.15) is 5.75 Å². The molecular formula is C17H17Br2ClO. The summed E-state index contributed by atoms with van der Waals surface area (Å²) in [5.41, 5.74) is 2.49. The van der Waals surface area contributed by atoms with Gasteiger partial charge in [-0.1, -0.05) is 44.0 Å². The fourth-order valence-corrected chi connectivity index (χ4v) is 3.24. The molecule has 112 valence electrons. The largest absolute Gasteiger partial charge is 0.496 e. The highest BCUT2D eigenvalue weighted by Gasteiger charge is 2.13. The molecule has 0 amide bonds. The summed E-state index contributed by atoms with van der Waals surface area (Å²) in [4.78, 5) is 0. The lowest BCUT2D eigenvalue weighted by atomic mass is 9.93. The lowest BCUT2D eigenvalue weighted by molar-refractivity contribution is 0.405. The molecule has 0 spiro atoms. The van der Waals surface area contributed by atoms with Gasteiger partial charge in [-0.05, 0) is 60.2 Å². The minimum atomic E-state index is 0.385. The number of rotatable bonds is 6. The lowest BCUT2D eigenvalue weighted by Crippen LogP contribution is -2.11. The van der Waals surface area contributed by atoms with Crippen LogP contribution in [0.15, 0.2) is 51.4 Å². The molecule has 4 heteroatoms. The second-order valence-electron chi connectivity index (χ2n) is 5.01. The van der Waals surface area contributed by atoms with Gasteiger partial charge >= 0.3 is 0 Å². The highest BCUT2D eigenvalue weighted by Crippen LogP contribution is 2.27. The van der Waals surface area contributed by atoms with E-state index in [4.69, 9.17) is 16.3 Å². The highest BCUT2D eigenvalue weighted by molar-refractivity contribution is 9.10. The van der Waals surface area contributed by atoms with E-state index in [0.29, 0.717) is 11.8 Å². The molecule has 2 aromatic carbocycles. The molecule has 0 N–H and O–H groups in total. The zero-order chi connectivity index (χ0) is 15.2. The first-order valence-electron chi connectivity index (χ1n) is 6.75. The standard InChI is InChI=1S/C17H17Br2ClO/c1-21-17-7-6-16(19)10-14(17)9-13(11-20)8-12-2-4-15(18)5-3-12/h2-7,10,13H,8-9,11H2,1H3. The fraction of sp³-hybridized carbons (Fsp3) is 0.294. The number of ether oxygens (including phenoxy) is 1. The second kappa shape index (κ2) is 8.21. The van der Waals surface area contributed by atoms with Crippen LogP contribution in [0.3, 0.4) is 0 Å². The van der Waals surface area contributed by atoms with E-state index in [0.717, 1.165) is 27.5 Å². The topological polar surface area (TPSA) is 9.23 Å². The first kappa shape index (κ1) is 16.9. The number of hydrogen-bond donors (Lipinski definition) is 0. The molecule has 0 fully saturated rings. The van der Waals surface area contributed by atoms with Gasteiger partial charge in [0.25, 0.3) is 0 Å². The van der Waals surface area contributed by atoms with Gasteiger partial charge in [-0.25, -0.2) is 0 Å². The summed E-state index contributed by atoms with van der Waals surface area (Å²) in [7, 11) is 1.71.